The molecule has 0 saturated heterocycles. The van der Waals surface area contributed by atoms with Crippen LogP contribution in [0.2, 0.25) is 0 Å². The maximum Gasteiger partial charge on any atom is 0.119 e. The lowest BCUT2D eigenvalue weighted by Gasteiger charge is -2.26. The van der Waals surface area contributed by atoms with Gasteiger partial charge in [0, 0.05) is 17.1 Å². The quantitative estimate of drug-likeness (QED) is 0.530. The second kappa shape index (κ2) is 7.43. The molecule has 0 amide bonds. The molecule has 0 aromatic heterocycles. The fourth-order valence-corrected chi connectivity index (χ4v) is 2.86. The molecule has 0 fully saturated rings. The Kier molecular flexibility index (Phi) is 5.08. The molecule has 0 aliphatic rings. The van der Waals surface area contributed by atoms with Gasteiger partial charge in [-0.15, -0.1) is 0 Å². The van der Waals surface area contributed by atoms with Crippen LogP contribution in [0.1, 0.15) is 23.6 Å². The molecule has 0 spiro atoms. The Morgan fingerprint density at radius 1 is 0.680 bits per heavy atom. The number of aryl methyl sites for hydroxylation is 3. The van der Waals surface area contributed by atoms with Gasteiger partial charge < -0.3 is 9.64 Å². The van der Waals surface area contributed by atoms with E-state index in [2.05, 4.69) is 80.3 Å². The molecule has 0 aliphatic heterocycles. The first kappa shape index (κ1) is 17.1. The van der Waals surface area contributed by atoms with Crippen LogP contribution < -0.4 is 9.64 Å². The molecule has 0 bridgehead atoms. The Morgan fingerprint density at radius 2 is 1.24 bits per heavy atom. The van der Waals surface area contributed by atoms with Crippen molar-refractivity contribution >= 4 is 17.1 Å². The third-order valence-electron chi connectivity index (χ3n) is 4.45. The molecule has 0 radical (unpaired) electrons. The van der Waals surface area contributed by atoms with Gasteiger partial charge in [-0.3, -0.25) is 0 Å². The van der Waals surface area contributed by atoms with Crippen molar-refractivity contribution in [3.8, 4) is 5.75 Å². The summed E-state index contributed by atoms with van der Waals surface area (Å²) in [4.78, 5) is 2.28. The Labute approximate surface area is 150 Å². The first-order chi connectivity index (χ1) is 12.1. The van der Waals surface area contributed by atoms with Crippen LogP contribution in [0.3, 0.4) is 0 Å². The lowest BCUT2D eigenvalue weighted by atomic mass is 10.1. The van der Waals surface area contributed by atoms with Gasteiger partial charge in [-0.25, -0.2) is 0 Å². The molecule has 0 aliphatic carbocycles. The monoisotopic (exact) mass is 331 g/mol. The third-order valence-corrected chi connectivity index (χ3v) is 4.45. The highest BCUT2D eigenvalue weighted by molar-refractivity contribution is 5.77. The molecule has 3 aromatic carbocycles. The Balaban J connectivity index is 2.07. The van der Waals surface area contributed by atoms with Crippen molar-refractivity contribution in [1.82, 2.24) is 0 Å². The first-order valence-corrected chi connectivity index (χ1v) is 8.75. The Hall–Kier alpha value is -2.74. The molecule has 2 nitrogen and oxygen atoms in total. The zero-order chi connectivity index (χ0) is 17.8. The number of hydrogen-bond acceptors (Lipinski definition) is 2. The van der Waals surface area contributed by atoms with Gasteiger partial charge in [-0.2, -0.15) is 0 Å². The van der Waals surface area contributed by atoms with Gasteiger partial charge in [0.25, 0.3) is 0 Å². The largest absolute Gasteiger partial charge is 0.494 e. The minimum Gasteiger partial charge on any atom is -0.494 e. The van der Waals surface area contributed by atoms with Crippen LogP contribution in [-0.4, -0.2) is 6.61 Å². The van der Waals surface area contributed by atoms with E-state index in [-0.39, 0.29) is 0 Å². The SMILES string of the molecule is CCOc1ccc(N(c2ccc(C)cc2)c2ccc(C)c(C)c2)cc1. The predicted octanol–water partition coefficient (Wildman–Crippen LogP) is 6.48. The minimum absolute atomic E-state index is 0.679. The summed E-state index contributed by atoms with van der Waals surface area (Å²) in [5, 5.41) is 0. The fourth-order valence-electron chi connectivity index (χ4n) is 2.86. The highest BCUT2D eigenvalue weighted by atomic mass is 16.5. The van der Waals surface area contributed by atoms with E-state index in [9.17, 15) is 0 Å². The lowest BCUT2D eigenvalue weighted by molar-refractivity contribution is 0.340. The smallest absolute Gasteiger partial charge is 0.119 e. The number of ether oxygens (including phenoxy) is 1. The number of anilines is 3. The molecular weight excluding hydrogens is 306 g/mol. The summed E-state index contributed by atoms with van der Waals surface area (Å²) >= 11 is 0. The van der Waals surface area contributed by atoms with Crippen LogP contribution in [0.15, 0.2) is 66.7 Å². The number of hydrogen-bond donors (Lipinski definition) is 0. The molecule has 0 saturated carbocycles. The van der Waals surface area contributed by atoms with Gasteiger partial charge >= 0.3 is 0 Å². The van der Waals surface area contributed by atoms with Crippen molar-refractivity contribution in [1.29, 1.82) is 0 Å². The molecule has 128 valence electrons. The van der Waals surface area contributed by atoms with Crippen molar-refractivity contribution in [3.63, 3.8) is 0 Å². The summed E-state index contributed by atoms with van der Waals surface area (Å²) in [5.74, 6) is 0.898. The number of nitrogens with zero attached hydrogens (tertiary/aromatic N) is 1. The van der Waals surface area contributed by atoms with Crippen LogP contribution in [-0.2, 0) is 0 Å². The Bertz CT molecular complexity index is 835. The fraction of sp³-hybridized carbons (Fsp3) is 0.217. The molecule has 3 aromatic rings. The molecule has 0 unspecified atom stereocenters. The van der Waals surface area contributed by atoms with Gasteiger partial charge in [0.05, 0.1) is 6.61 Å². The molecule has 0 N–H and O–H groups in total. The second-order valence-electron chi connectivity index (χ2n) is 6.37. The van der Waals surface area contributed by atoms with E-state index in [1.165, 1.54) is 16.7 Å². The van der Waals surface area contributed by atoms with E-state index < -0.39 is 0 Å². The predicted molar refractivity (Wildman–Crippen MR) is 107 cm³/mol. The van der Waals surface area contributed by atoms with Crippen LogP contribution in [0.5, 0.6) is 5.75 Å². The maximum absolute atomic E-state index is 5.58. The summed E-state index contributed by atoms with van der Waals surface area (Å²) in [7, 11) is 0. The maximum atomic E-state index is 5.58. The van der Waals surface area contributed by atoms with Crippen LogP contribution in [0.4, 0.5) is 17.1 Å². The normalized spacial score (nSPS) is 10.6. The third kappa shape index (κ3) is 3.85. The van der Waals surface area contributed by atoms with E-state index in [1.54, 1.807) is 0 Å². The zero-order valence-corrected chi connectivity index (χ0v) is 15.4. The van der Waals surface area contributed by atoms with Crippen LogP contribution in [0.25, 0.3) is 0 Å². The van der Waals surface area contributed by atoms with Gasteiger partial charge in [0.2, 0.25) is 0 Å². The van der Waals surface area contributed by atoms with E-state index in [0.29, 0.717) is 6.61 Å². The van der Waals surface area contributed by atoms with Crippen LogP contribution >= 0.6 is 0 Å². The van der Waals surface area contributed by atoms with E-state index in [4.69, 9.17) is 4.74 Å². The van der Waals surface area contributed by atoms with Crippen molar-refractivity contribution in [2.75, 3.05) is 11.5 Å². The summed E-state index contributed by atoms with van der Waals surface area (Å²) in [5.41, 5.74) is 7.29. The van der Waals surface area contributed by atoms with Crippen molar-refractivity contribution in [3.05, 3.63) is 83.4 Å². The summed E-state index contributed by atoms with van der Waals surface area (Å²) in [6.07, 6.45) is 0. The minimum atomic E-state index is 0.679. The second-order valence-corrected chi connectivity index (χ2v) is 6.37. The molecule has 0 heterocycles. The van der Waals surface area contributed by atoms with Crippen molar-refractivity contribution < 1.29 is 4.74 Å². The first-order valence-electron chi connectivity index (χ1n) is 8.75. The average Bonchev–Trinajstić information content (AvgIpc) is 2.62. The molecule has 2 heteroatoms. The highest BCUT2D eigenvalue weighted by Crippen LogP contribution is 2.36. The van der Waals surface area contributed by atoms with Gasteiger partial charge in [-0.05, 0) is 87.4 Å². The standard InChI is InChI=1S/C23H25NO/c1-5-25-23-14-12-21(13-15-23)24(20-9-6-17(2)7-10-20)22-11-8-18(3)19(4)16-22/h6-16H,5H2,1-4H3. The van der Waals surface area contributed by atoms with E-state index in [0.717, 1.165) is 22.8 Å². The highest BCUT2D eigenvalue weighted by Gasteiger charge is 2.13. The molecular formula is C23H25NO. The zero-order valence-electron chi connectivity index (χ0n) is 15.4. The number of rotatable bonds is 5. The molecule has 0 atom stereocenters. The lowest BCUT2D eigenvalue weighted by Crippen LogP contribution is -2.10. The van der Waals surface area contributed by atoms with Gasteiger partial charge in [0.1, 0.15) is 5.75 Å². The van der Waals surface area contributed by atoms with Gasteiger partial charge in [-0.1, -0.05) is 23.8 Å². The topological polar surface area (TPSA) is 12.5 Å². The average molecular weight is 331 g/mol. The molecule has 25 heavy (non-hydrogen) atoms. The Morgan fingerprint density at radius 3 is 1.80 bits per heavy atom. The van der Waals surface area contributed by atoms with Crippen molar-refractivity contribution in [2.24, 2.45) is 0 Å². The van der Waals surface area contributed by atoms with Crippen LogP contribution in [0, 0.1) is 20.8 Å². The van der Waals surface area contributed by atoms with Crippen molar-refractivity contribution in [2.45, 2.75) is 27.7 Å². The summed E-state index contributed by atoms with van der Waals surface area (Å²) in [6, 6.07) is 23.5. The van der Waals surface area contributed by atoms with Gasteiger partial charge in [0.15, 0.2) is 0 Å². The summed E-state index contributed by atoms with van der Waals surface area (Å²) < 4.78 is 5.58. The number of benzene rings is 3. The summed E-state index contributed by atoms with van der Waals surface area (Å²) in [6.45, 7) is 9.09. The van der Waals surface area contributed by atoms with E-state index in [1.807, 2.05) is 19.1 Å². The van der Waals surface area contributed by atoms with E-state index >= 15 is 0 Å². The molecule has 3 rings (SSSR count).